The molecule has 2 aromatic carbocycles. The second kappa shape index (κ2) is 14.9. The molecule has 4 rings (SSSR count). The first kappa shape index (κ1) is 33.3. The highest BCUT2D eigenvalue weighted by molar-refractivity contribution is 7.89. The number of benzene rings is 2. The summed E-state index contributed by atoms with van der Waals surface area (Å²) < 4.78 is 90.3. The van der Waals surface area contributed by atoms with Gasteiger partial charge in [0.05, 0.1) is 57.2 Å². The summed E-state index contributed by atoms with van der Waals surface area (Å²) in [5, 5.41) is 0. The van der Waals surface area contributed by atoms with E-state index in [0.29, 0.717) is 56.0 Å². The summed E-state index contributed by atoms with van der Waals surface area (Å²) >= 11 is 0. The van der Waals surface area contributed by atoms with Crippen LogP contribution in [0.2, 0.25) is 0 Å². The van der Waals surface area contributed by atoms with Gasteiger partial charge in [0.15, 0.2) is 11.5 Å². The van der Waals surface area contributed by atoms with Gasteiger partial charge in [-0.25, -0.2) is 8.42 Å². The van der Waals surface area contributed by atoms with Crippen molar-refractivity contribution in [2.45, 2.75) is 24.0 Å². The smallest absolute Gasteiger partial charge is 0.416 e. The first-order valence-corrected chi connectivity index (χ1v) is 15.4. The molecule has 0 radical (unpaired) electrons. The molecular weight excluding hydrogens is 603 g/mol. The minimum Gasteiger partial charge on any atom is -0.493 e. The van der Waals surface area contributed by atoms with Crippen LogP contribution in [0.3, 0.4) is 0 Å². The number of rotatable bonds is 14. The van der Waals surface area contributed by atoms with E-state index in [1.807, 2.05) is 11.0 Å². The number of carbonyl (C=O) groups is 1. The Morgan fingerprint density at radius 2 is 1.73 bits per heavy atom. The van der Waals surface area contributed by atoms with Crippen LogP contribution in [-0.4, -0.2) is 95.1 Å². The number of furan rings is 1. The lowest BCUT2D eigenvalue weighted by molar-refractivity contribution is -0.137. The van der Waals surface area contributed by atoms with Crippen molar-refractivity contribution in [2.75, 3.05) is 66.7 Å². The molecule has 240 valence electrons. The van der Waals surface area contributed by atoms with Gasteiger partial charge in [-0.1, -0.05) is 12.1 Å². The number of halogens is 3. The summed E-state index contributed by atoms with van der Waals surface area (Å²) in [5.74, 6) is 1.04. The molecule has 0 saturated carbocycles. The van der Waals surface area contributed by atoms with Crippen LogP contribution >= 0.6 is 0 Å². The summed E-state index contributed by atoms with van der Waals surface area (Å²) in [6.07, 6.45) is -2.86. The zero-order valence-electron chi connectivity index (χ0n) is 24.6. The third kappa shape index (κ3) is 8.74. The van der Waals surface area contributed by atoms with Crippen LogP contribution in [0, 0.1) is 0 Å². The Morgan fingerprint density at radius 3 is 2.39 bits per heavy atom. The van der Waals surface area contributed by atoms with E-state index >= 15 is 0 Å². The molecule has 44 heavy (non-hydrogen) atoms. The highest BCUT2D eigenvalue weighted by Crippen LogP contribution is 2.31. The van der Waals surface area contributed by atoms with E-state index in [4.69, 9.17) is 18.6 Å². The van der Waals surface area contributed by atoms with Gasteiger partial charge in [-0.15, -0.1) is 0 Å². The Kier molecular flexibility index (Phi) is 11.3. The first-order chi connectivity index (χ1) is 21.0. The molecule has 0 spiro atoms. The Labute approximate surface area is 254 Å². The predicted molar refractivity (Wildman–Crippen MR) is 155 cm³/mol. The van der Waals surface area contributed by atoms with Crippen LogP contribution in [0.25, 0.3) is 0 Å². The first-order valence-electron chi connectivity index (χ1n) is 14.0. The monoisotopic (exact) mass is 639 g/mol. The number of nitrogens with zero attached hydrogens (tertiary/aromatic N) is 3. The van der Waals surface area contributed by atoms with Crippen molar-refractivity contribution in [3.8, 4) is 11.5 Å². The Morgan fingerprint density at radius 1 is 0.977 bits per heavy atom. The van der Waals surface area contributed by atoms with Gasteiger partial charge in [0.2, 0.25) is 15.9 Å². The van der Waals surface area contributed by atoms with Crippen LogP contribution in [0.1, 0.15) is 16.9 Å². The second-order valence-electron chi connectivity index (χ2n) is 10.2. The molecule has 1 aliphatic heterocycles. The number of carbonyl (C=O) groups excluding carboxylic acids is 1. The quantitative estimate of drug-likeness (QED) is 0.262. The number of amides is 1. The minimum atomic E-state index is -4.73. The molecule has 1 fully saturated rings. The molecule has 3 aromatic rings. The topological polar surface area (TPSA) is 102 Å². The predicted octanol–water partition coefficient (Wildman–Crippen LogP) is 3.91. The largest absolute Gasteiger partial charge is 0.493 e. The van der Waals surface area contributed by atoms with Crippen LogP contribution in [0.4, 0.5) is 13.2 Å². The summed E-state index contributed by atoms with van der Waals surface area (Å²) in [7, 11) is -1.44. The molecule has 1 aliphatic rings. The molecule has 0 unspecified atom stereocenters. The van der Waals surface area contributed by atoms with Crippen molar-refractivity contribution in [1.29, 1.82) is 0 Å². The van der Waals surface area contributed by atoms with Crippen molar-refractivity contribution in [2.24, 2.45) is 0 Å². The van der Waals surface area contributed by atoms with Gasteiger partial charge in [-0.05, 0) is 54.4 Å². The van der Waals surface area contributed by atoms with Crippen LogP contribution in [-0.2, 0) is 38.7 Å². The standard InChI is InChI=1S/C30H36F3N3O7S/c1-40-27-9-8-23(19-28(27)41-2)10-11-35(21-25-6-4-16-43-25)29(37)22-36(13-12-34-14-17-42-18-15-34)44(38,39)26-7-3-5-24(20-26)30(31,32)33/h3-9,16,19-20H,10-15,17-18,21-22H2,1-2H3. The van der Waals surface area contributed by atoms with Gasteiger partial charge >= 0.3 is 6.18 Å². The number of hydrogen-bond donors (Lipinski definition) is 0. The van der Waals surface area contributed by atoms with Crippen molar-refractivity contribution < 1.29 is 45.0 Å². The third-order valence-electron chi connectivity index (χ3n) is 7.28. The van der Waals surface area contributed by atoms with E-state index < -0.39 is 39.1 Å². The lowest BCUT2D eigenvalue weighted by Gasteiger charge is -2.31. The maximum atomic E-state index is 13.8. The number of sulfonamides is 1. The molecule has 10 nitrogen and oxygen atoms in total. The Bertz CT molecular complexity index is 1480. The van der Waals surface area contributed by atoms with Crippen LogP contribution < -0.4 is 9.47 Å². The molecule has 0 bridgehead atoms. The second-order valence-corrected chi connectivity index (χ2v) is 12.1. The fourth-order valence-electron chi connectivity index (χ4n) is 4.78. The molecule has 0 aliphatic carbocycles. The van der Waals surface area contributed by atoms with Gasteiger partial charge in [-0.2, -0.15) is 17.5 Å². The van der Waals surface area contributed by atoms with Gasteiger partial charge in [-0.3, -0.25) is 9.69 Å². The third-order valence-corrected chi connectivity index (χ3v) is 9.12. The summed E-state index contributed by atoms with van der Waals surface area (Å²) in [6, 6.07) is 12.3. The van der Waals surface area contributed by atoms with E-state index in [-0.39, 0.29) is 26.2 Å². The summed E-state index contributed by atoms with van der Waals surface area (Å²) in [6.45, 7) is 1.97. The maximum absolute atomic E-state index is 13.8. The zero-order valence-corrected chi connectivity index (χ0v) is 25.4. The molecule has 1 saturated heterocycles. The minimum absolute atomic E-state index is 0.0695. The van der Waals surface area contributed by atoms with Gasteiger partial charge in [0.25, 0.3) is 0 Å². The highest BCUT2D eigenvalue weighted by Gasteiger charge is 2.34. The molecule has 1 aromatic heterocycles. The van der Waals surface area contributed by atoms with Crippen LogP contribution in [0.15, 0.2) is 70.2 Å². The molecule has 14 heteroatoms. The van der Waals surface area contributed by atoms with Crippen molar-refractivity contribution in [1.82, 2.24) is 14.1 Å². The molecular formula is C30H36F3N3O7S. The number of methoxy groups -OCH3 is 2. The Balaban J connectivity index is 1.59. The average Bonchev–Trinajstić information content (AvgIpc) is 3.54. The molecule has 0 atom stereocenters. The van der Waals surface area contributed by atoms with Crippen molar-refractivity contribution in [3.05, 3.63) is 77.7 Å². The SMILES string of the molecule is COc1ccc(CCN(Cc2ccco2)C(=O)CN(CCN2CCOCC2)S(=O)(=O)c2cccc(C(F)(F)F)c2)cc1OC. The van der Waals surface area contributed by atoms with Gasteiger partial charge < -0.3 is 23.5 Å². The van der Waals surface area contributed by atoms with Gasteiger partial charge in [0, 0.05) is 32.7 Å². The average molecular weight is 640 g/mol. The summed E-state index contributed by atoms with van der Waals surface area (Å²) in [4.78, 5) is 16.7. The molecule has 0 N–H and O–H groups in total. The van der Waals surface area contributed by atoms with E-state index in [2.05, 4.69) is 0 Å². The lowest BCUT2D eigenvalue weighted by Crippen LogP contribution is -2.47. The number of hydrogen-bond acceptors (Lipinski definition) is 8. The van der Waals surface area contributed by atoms with E-state index in [9.17, 15) is 26.4 Å². The fourth-order valence-corrected chi connectivity index (χ4v) is 6.20. The van der Waals surface area contributed by atoms with E-state index in [1.54, 1.807) is 24.3 Å². The lowest BCUT2D eigenvalue weighted by atomic mass is 10.1. The zero-order chi connectivity index (χ0) is 31.7. The maximum Gasteiger partial charge on any atom is 0.416 e. The number of ether oxygens (including phenoxy) is 3. The number of morpholine rings is 1. The van der Waals surface area contributed by atoms with Crippen LogP contribution in [0.5, 0.6) is 11.5 Å². The Hall–Kier alpha value is -3.59. The van der Waals surface area contributed by atoms with Crippen molar-refractivity contribution in [3.63, 3.8) is 0 Å². The van der Waals surface area contributed by atoms with Crippen molar-refractivity contribution >= 4 is 15.9 Å². The van der Waals surface area contributed by atoms with E-state index in [1.165, 1.54) is 25.4 Å². The van der Waals surface area contributed by atoms with Gasteiger partial charge in [0.1, 0.15) is 5.76 Å². The highest BCUT2D eigenvalue weighted by atomic mass is 32.2. The number of alkyl halides is 3. The normalized spacial score (nSPS) is 14.5. The summed E-state index contributed by atoms with van der Waals surface area (Å²) in [5.41, 5.74) is -0.243. The van der Waals surface area contributed by atoms with E-state index in [0.717, 1.165) is 28.1 Å². The fraction of sp³-hybridized carbons (Fsp3) is 0.433. The molecule has 1 amide bonds. The molecule has 2 heterocycles.